The van der Waals surface area contributed by atoms with Gasteiger partial charge < -0.3 is 19.7 Å². The quantitative estimate of drug-likeness (QED) is 0.387. The average Bonchev–Trinajstić information content (AvgIpc) is 3.61. The number of methoxy groups -OCH3 is 1. The van der Waals surface area contributed by atoms with Crippen molar-refractivity contribution >= 4 is 40.4 Å². The molecule has 2 aromatic heterocycles. The molecule has 1 N–H and O–H groups in total. The lowest BCUT2D eigenvalue weighted by Gasteiger charge is -2.31. The van der Waals surface area contributed by atoms with Crippen LogP contribution in [0.2, 0.25) is 0 Å². The van der Waals surface area contributed by atoms with Crippen LogP contribution in [0.1, 0.15) is 32.5 Å². The van der Waals surface area contributed by atoms with E-state index in [1.165, 1.54) is 16.9 Å². The van der Waals surface area contributed by atoms with E-state index in [-0.39, 0.29) is 11.9 Å². The van der Waals surface area contributed by atoms with Gasteiger partial charge in [-0.25, -0.2) is 9.59 Å². The lowest BCUT2D eigenvalue weighted by atomic mass is 10.0. The molecule has 4 rings (SSSR count). The van der Waals surface area contributed by atoms with Gasteiger partial charge in [0.1, 0.15) is 0 Å². The first-order valence-corrected chi connectivity index (χ1v) is 13.5. The van der Waals surface area contributed by atoms with Gasteiger partial charge in [-0.05, 0) is 47.5 Å². The number of carbonyl (C=O) groups is 2. The van der Waals surface area contributed by atoms with Crippen molar-refractivity contribution in [1.82, 2.24) is 9.80 Å². The molecule has 1 fully saturated rings. The highest BCUT2D eigenvalue weighted by molar-refractivity contribution is 7.11. The molecule has 7 nitrogen and oxygen atoms in total. The normalized spacial score (nSPS) is 14.1. The Bertz CT molecular complexity index is 1030. The van der Waals surface area contributed by atoms with E-state index in [1.54, 1.807) is 46.9 Å². The molecule has 0 spiro atoms. The number of ether oxygens (including phenoxy) is 2. The van der Waals surface area contributed by atoms with Gasteiger partial charge in [-0.1, -0.05) is 18.2 Å². The van der Waals surface area contributed by atoms with Crippen LogP contribution in [-0.2, 0) is 9.47 Å². The van der Waals surface area contributed by atoms with Crippen LogP contribution >= 0.6 is 22.7 Å². The van der Waals surface area contributed by atoms with Crippen molar-refractivity contribution in [1.29, 1.82) is 0 Å². The molecule has 0 radical (unpaired) electrons. The molecule has 9 heteroatoms. The predicted molar refractivity (Wildman–Crippen MR) is 141 cm³/mol. The molecule has 186 valence electrons. The Balaban J connectivity index is 1.46. The lowest BCUT2D eigenvalue weighted by molar-refractivity contribution is 0.0351. The third-order valence-corrected chi connectivity index (χ3v) is 8.04. The second-order valence-electron chi connectivity index (χ2n) is 8.32. The Morgan fingerprint density at radius 2 is 1.77 bits per heavy atom. The minimum absolute atomic E-state index is 0.170. The number of nitrogens with one attached hydrogen (secondary N) is 1. The van der Waals surface area contributed by atoms with Crippen LogP contribution in [0.4, 0.5) is 10.5 Å². The molecular formula is C26H31N3O4S2. The summed E-state index contributed by atoms with van der Waals surface area (Å²) < 4.78 is 10.3. The third-order valence-electron chi connectivity index (χ3n) is 6.07. The Morgan fingerprint density at radius 1 is 1.06 bits per heavy atom. The van der Waals surface area contributed by atoms with Crippen molar-refractivity contribution in [2.45, 2.75) is 12.3 Å². The molecule has 0 atom stereocenters. The van der Waals surface area contributed by atoms with Crippen molar-refractivity contribution in [3.8, 4) is 0 Å². The standard InChI is InChI=1S/C26H31N3O4S2/c1-32-25(30)20-5-2-6-21(19-20)27-26(31)29(12-11-28-13-15-33-16-14-28)10-9-22(23-7-3-17-34-23)24-8-4-18-35-24/h2-8,17-19,22H,9-16H2,1H3,(H,27,31). The zero-order valence-corrected chi connectivity index (χ0v) is 21.5. The van der Waals surface area contributed by atoms with Crippen molar-refractivity contribution in [3.05, 3.63) is 74.6 Å². The smallest absolute Gasteiger partial charge is 0.337 e. The number of anilines is 1. The summed E-state index contributed by atoms with van der Waals surface area (Å²) in [5.74, 6) is -0.170. The van der Waals surface area contributed by atoms with Crippen LogP contribution in [0, 0.1) is 0 Å². The SMILES string of the molecule is COC(=O)c1cccc(NC(=O)N(CCC(c2cccs2)c2cccs2)CCN2CCOCC2)c1. The van der Waals surface area contributed by atoms with Gasteiger partial charge in [-0.15, -0.1) is 22.7 Å². The van der Waals surface area contributed by atoms with Crippen molar-refractivity contribution in [2.24, 2.45) is 0 Å². The number of esters is 1. The molecule has 0 aliphatic carbocycles. The summed E-state index contributed by atoms with van der Waals surface area (Å²) in [4.78, 5) is 32.1. The highest BCUT2D eigenvalue weighted by atomic mass is 32.1. The van der Waals surface area contributed by atoms with Crippen LogP contribution < -0.4 is 5.32 Å². The highest BCUT2D eigenvalue weighted by Gasteiger charge is 2.22. The maximum absolute atomic E-state index is 13.4. The fourth-order valence-corrected chi connectivity index (χ4v) is 5.97. The second kappa shape index (κ2) is 12.8. The maximum atomic E-state index is 13.4. The number of amides is 2. The number of hydrogen-bond donors (Lipinski definition) is 1. The summed E-state index contributed by atoms with van der Waals surface area (Å²) in [6.07, 6.45) is 0.833. The Morgan fingerprint density at radius 3 is 2.40 bits per heavy atom. The van der Waals surface area contributed by atoms with Crippen molar-refractivity contribution in [2.75, 3.05) is 58.4 Å². The molecule has 0 saturated carbocycles. The van der Waals surface area contributed by atoms with E-state index in [2.05, 4.69) is 45.2 Å². The monoisotopic (exact) mass is 513 g/mol. The molecular weight excluding hydrogens is 482 g/mol. The second-order valence-corrected chi connectivity index (χ2v) is 10.3. The highest BCUT2D eigenvalue weighted by Crippen LogP contribution is 2.34. The summed E-state index contributed by atoms with van der Waals surface area (Å²) in [7, 11) is 1.35. The van der Waals surface area contributed by atoms with Gasteiger partial charge in [0, 0.05) is 54.1 Å². The van der Waals surface area contributed by atoms with Crippen molar-refractivity contribution < 1.29 is 19.1 Å². The van der Waals surface area contributed by atoms with E-state index in [0.717, 1.165) is 39.3 Å². The molecule has 35 heavy (non-hydrogen) atoms. The molecule has 2 amide bonds. The number of thiophene rings is 2. The van der Waals surface area contributed by atoms with E-state index in [4.69, 9.17) is 9.47 Å². The number of benzene rings is 1. The Labute approximate surface area is 214 Å². The average molecular weight is 514 g/mol. The number of morpholine rings is 1. The fourth-order valence-electron chi connectivity index (χ4n) is 4.13. The van der Waals surface area contributed by atoms with Gasteiger partial charge in [0.05, 0.1) is 25.9 Å². The molecule has 1 aliphatic rings. The third kappa shape index (κ3) is 7.14. The molecule has 0 bridgehead atoms. The Hall–Kier alpha value is -2.72. The first kappa shape index (κ1) is 25.4. The first-order valence-electron chi connectivity index (χ1n) is 11.8. The summed E-state index contributed by atoms with van der Waals surface area (Å²) in [6, 6.07) is 15.2. The van der Waals surface area contributed by atoms with E-state index >= 15 is 0 Å². The van der Waals surface area contributed by atoms with E-state index < -0.39 is 5.97 Å². The summed E-state index contributed by atoms with van der Waals surface area (Å²) in [6.45, 7) is 5.24. The van der Waals surface area contributed by atoms with E-state index in [1.807, 2.05) is 4.90 Å². The molecule has 3 heterocycles. The van der Waals surface area contributed by atoms with E-state index in [0.29, 0.717) is 24.3 Å². The van der Waals surface area contributed by atoms with Gasteiger partial charge in [-0.3, -0.25) is 4.90 Å². The molecule has 1 aliphatic heterocycles. The largest absolute Gasteiger partial charge is 0.465 e. The molecule has 1 aromatic carbocycles. The van der Waals surface area contributed by atoms with Gasteiger partial charge in [0.2, 0.25) is 0 Å². The number of nitrogens with zero attached hydrogens (tertiary/aromatic N) is 2. The summed E-state index contributed by atoms with van der Waals surface area (Å²) >= 11 is 3.51. The van der Waals surface area contributed by atoms with Crippen LogP contribution in [-0.4, -0.2) is 74.8 Å². The molecule has 1 saturated heterocycles. The minimum atomic E-state index is -0.431. The lowest BCUT2D eigenvalue weighted by Crippen LogP contribution is -2.44. The predicted octanol–water partition coefficient (Wildman–Crippen LogP) is 4.98. The number of rotatable bonds is 10. The number of urea groups is 1. The molecule has 3 aromatic rings. The Kier molecular flexibility index (Phi) is 9.30. The fraction of sp³-hybridized carbons (Fsp3) is 0.385. The van der Waals surface area contributed by atoms with Crippen molar-refractivity contribution in [3.63, 3.8) is 0 Å². The van der Waals surface area contributed by atoms with E-state index in [9.17, 15) is 9.59 Å². The molecule has 0 unspecified atom stereocenters. The van der Waals surface area contributed by atoms with Crippen LogP contribution in [0.25, 0.3) is 0 Å². The van der Waals surface area contributed by atoms with Crippen LogP contribution in [0.5, 0.6) is 0 Å². The zero-order valence-electron chi connectivity index (χ0n) is 19.9. The summed E-state index contributed by atoms with van der Waals surface area (Å²) in [5, 5.41) is 7.19. The van der Waals surface area contributed by atoms with Crippen LogP contribution in [0.3, 0.4) is 0 Å². The van der Waals surface area contributed by atoms with Crippen LogP contribution in [0.15, 0.2) is 59.3 Å². The topological polar surface area (TPSA) is 71.1 Å². The maximum Gasteiger partial charge on any atom is 0.337 e. The summed E-state index contributed by atoms with van der Waals surface area (Å²) in [5.41, 5.74) is 0.975. The van der Waals surface area contributed by atoms with Gasteiger partial charge in [0.15, 0.2) is 0 Å². The number of carbonyl (C=O) groups excluding carboxylic acids is 2. The zero-order chi connectivity index (χ0) is 24.5. The first-order chi connectivity index (χ1) is 17.1. The minimum Gasteiger partial charge on any atom is -0.465 e. The van der Waals surface area contributed by atoms with Gasteiger partial charge >= 0.3 is 12.0 Å². The van der Waals surface area contributed by atoms with Gasteiger partial charge in [-0.2, -0.15) is 0 Å². The van der Waals surface area contributed by atoms with Gasteiger partial charge in [0.25, 0.3) is 0 Å². The number of hydrogen-bond acceptors (Lipinski definition) is 7.